The van der Waals surface area contributed by atoms with Crippen LogP contribution in [0.4, 0.5) is 22.0 Å². The lowest BCUT2D eigenvalue weighted by Crippen LogP contribution is -2.59. The molecule has 1 saturated carbocycles. The summed E-state index contributed by atoms with van der Waals surface area (Å²) in [6.45, 7) is 1.15. The summed E-state index contributed by atoms with van der Waals surface area (Å²) in [6.07, 6.45) is -0.617. The number of halogens is 6. The van der Waals surface area contributed by atoms with Crippen molar-refractivity contribution >= 4 is 33.5 Å². The largest absolute Gasteiger partial charge is 0.493 e. The van der Waals surface area contributed by atoms with Gasteiger partial charge in [0.15, 0.2) is 0 Å². The van der Waals surface area contributed by atoms with Crippen molar-refractivity contribution in [2.45, 2.75) is 55.1 Å². The van der Waals surface area contributed by atoms with Crippen molar-refractivity contribution in [2.24, 2.45) is 17.8 Å². The Morgan fingerprint density at radius 1 is 0.846 bits per heavy atom. The highest BCUT2D eigenvalue weighted by atomic mass is 35.5. The second-order valence-electron chi connectivity index (χ2n) is 13.5. The van der Waals surface area contributed by atoms with Crippen LogP contribution in [0.5, 0.6) is 5.75 Å². The molecule has 3 aliphatic rings. The van der Waals surface area contributed by atoms with Crippen LogP contribution in [0.2, 0.25) is 5.02 Å². The molecule has 3 fully saturated rings. The third kappa shape index (κ3) is 8.22. The molecule has 3 aromatic carbocycles. The molecule has 0 aromatic heterocycles. The minimum atomic E-state index is -5.80. The first-order valence-electron chi connectivity index (χ1n) is 16.9. The minimum absolute atomic E-state index is 0.0628. The number of rotatable bonds is 11. The zero-order valence-electron chi connectivity index (χ0n) is 27.8. The number of alkyl halides is 5. The van der Waals surface area contributed by atoms with Crippen LogP contribution >= 0.6 is 11.6 Å². The Balaban J connectivity index is 1.38. The molecule has 9 nitrogen and oxygen atoms in total. The second kappa shape index (κ2) is 15.3. The molecule has 0 radical (unpaired) electrons. The van der Waals surface area contributed by atoms with Gasteiger partial charge in [0, 0.05) is 36.8 Å². The van der Waals surface area contributed by atoms with Crippen molar-refractivity contribution in [3.05, 3.63) is 83.4 Å². The predicted molar refractivity (Wildman–Crippen MR) is 181 cm³/mol. The van der Waals surface area contributed by atoms with E-state index in [1.165, 1.54) is 24.3 Å². The van der Waals surface area contributed by atoms with Gasteiger partial charge in [-0.15, -0.1) is 0 Å². The van der Waals surface area contributed by atoms with Crippen molar-refractivity contribution in [3.63, 3.8) is 0 Å². The maximum Gasteiger partial charge on any atom is 0.492 e. The molecule has 52 heavy (non-hydrogen) atoms. The van der Waals surface area contributed by atoms with E-state index < -0.39 is 55.0 Å². The fraction of sp³-hybridized carbons (Fsp3) is 0.444. The number of likely N-dealkylation sites (tertiary alicyclic amines) is 1. The van der Waals surface area contributed by atoms with E-state index in [-0.39, 0.29) is 30.7 Å². The van der Waals surface area contributed by atoms with E-state index in [2.05, 4.69) is 10.2 Å². The zero-order valence-corrected chi connectivity index (χ0v) is 29.4. The number of nitrogens with zero attached hydrogens (tertiary/aromatic N) is 2. The lowest BCUT2D eigenvalue weighted by Gasteiger charge is -2.35. The predicted octanol–water partition coefficient (Wildman–Crippen LogP) is 6.82. The van der Waals surface area contributed by atoms with E-state index in [1.807, 2.05) is 0 Å². The summed E-state index contributed by atoms with van der Waals surface area (Å²) < 4.78 is 108. The van der Waals surface area contributed by atoms with Gasteiger partial charge >= 0.3 is 18.1 Å². The van der Waals surface area contributed by atoms with Crippen LogP contribution in [0.3, 0.4) is 0 Å². The van der Waals surface area contributed by atoms with Crippen LogP contribution in [0.1, 0.15) is 37.7 Å². The molecule has 280 valence electrons. The number of ether oxygens (including phenoxy) is 1. The molecule has 16 heteroatoms. The molecule has 1 aliphatic carbocycles. The first kappa shape index (κ1) is 38.0. The monoisotopic (exact) mass is 769 g/mol. The summed E-state index contributed by atoms with van der Waals surface area (Å²) in [5.74, 6) is -8.91. The lowest BCUT2D eigenvalue weighted by molar-refractivity contribution is -0.239. The van der Waals surface area contributed by atoms with Crippen LogP contribution in [-0.2, 0) is 30.4 Å². The van der Waals surface area contributed by atoms with Crippen LogP contribution in [0.15, 0.2) is 77.7 Å². The Morgan fingerprint density at radius 3 is 1.96 bits per heavy atom. The number of hydrogen-bond donors (Lipinski definition) is 1. The molecule has 6 rings (SSSR count). The summed E-state index contributed by atoms with van der Waals surface area (Å²) >= 11 is 5.95. The Kier molecular flexibility index (Phi) is 11.2. The fourth-order valence-electron chi connectivity index (χ4n) is 7.02. The summed E-state index contributed by atoms with van der Waals surface area (Å²) in [6, 6.07) is 11.9. The third-order valence-electron chi connectivity index (χ3n) is 9.91. The third-order valence-corrected chi connectivity index (χ3v) is 11.8. The molecule has 0 unspecified atom stereocenters. The lowest BCUT2D eigenvalue weighted by atomic mass is 9.90. The van der Waals surface area contributed by atoms with E-state index in [9.17, 15) is 31.2 Å². The summed E-state index contributed by atoms with van der Waals surface area (Å²) in [7, 11) is -5.57. The average molecular weight is 770 g/mol. The maximum absolute atomic E-state index is 16.9. The van der Waals surface area contributed by atoms with Gasteiger partial charge in [-0.25, -0.2) is 13.2 Å². The Labute approximate surface area is 303 Å². The van der Waals surface area contributed by atoms with E-state index >= 15 is 8.78 Å². The standard InChI is InChI=1S/C36H37ClF5N3O6S/c37-29-12-8-25(9-13-29)24-6-10-28(11-7-24)35(38,39)32(33(46)44-20-26-18-43-19-27(26)21-44)45(51-34(47)36(40,41)42)52(48,49)31-16-14-30(15-17-31)50-22-23-4-2-1-3-5-23/h6-17,23,26-27,32,43H,1-5,18-22H2/t26-,27+,32-/m0/s1. The first-order chi connectivity index (χ1) is 24.6. The molecule has 1 amide bonds. The summed E-state index contributed by atoms with van der Waals surface area (Å²) in [5.41, 5.74) is 0.149. The van der Waals surface area contributed by atoms with E-state index in [4.69, 9.17) is 16.3 Å². The van der Waals surface area contributed by atoms with Gasteiger partial charge in [-0.1, -0.05) is 67.3 Å². The Bertz CT molecular complexity index is 1830. The normalized spacial score (nSPS) is 20.5. The van der Waals surface area contributed by atoms with Crippen molar-refractivity contribution in [3.8, 4) is 16.9 Å². The van der Waals surface area contributed by atoms with Gasteiger partial charge in [-0.05, 0) is 82.6 Å². The van der Waals surface area contributed by atoms with Gasteiger partial charge in [0.1, 0.15) is 5.75 Å². The number of fused-ring (bicyclic) bond motifs is 1. The summed E-state index contributed by atoms with van der Waals surface area (Å²) in [4.78, 5) is 31.0. The van der Waals surface area contributed by atoms with Gasteiger partial charge in [0.25, 0.3) is 15.9 Å². The van der Waals surface area contributed by atoms with E-state index in [1.54, 1.807) is 24.3 Å². The molecule has 3 atom stereocenters. The Morgan fingerprint density at radius 2 is 1.40 bits per heavy atom. The first-order valence-corrected chi connectivity index (χ1v) is 18.8. The molecule has 3 aromatic rings. The summed E-state index contributed by atoms with van der Waals surface area (Å²) in [5, 5.41) is 3.57. The van der Waals surface area contributed by atoms with Gasteiger partial charge < -0.3 is 19.8 Å². The average Bonchev–Trinajstić information content (AvgIpc) is 3.74. The molecule has 2 saturated heterocycles. The number of hydroxylamine groups is 1. The molecule has 2 heterocycles. The topological polar surface area (TPSA) is 105 Å². The highest BCUT2D eigenvalue weighted by molar-refractivity contribution is 7.89. The highest BCUT2D eigenvalue weighted by Crippen LogP contribution is 2.41. The number of carbonyl (C=O) groups is 2. The minimum Gasteiger partial charge on any atom is -0.493 e. The Hall–Kier alpha value is -3.79. The number of hydrogen-bond acceptors (Lipinski definition) is 7. The molecule has 0 spiro atoms. The molecular weight excluding hydrogens is 733 g/mol. The molecule has 2 aliphatic heterocycles. The van der Waals surface area contributed by atoms with Crippen molar-refractivity contribution < 1.29 is 49.5 Å². The zero-order chi connectivity index (χ0) is 37.3. The van der Waals surface area contributed by atoms with Gasteiger partial charge in [0.2, 0.25) is 6.04 Å². The molecule has 0 bridgehead atoms. The van der Waals surface area contributed by atoms with Gasteiger partial charge in [-0.3, -0.25) is 4.79 Å². The maximum atomic E-state index is 16.9. The second-order valence-corrected chi connectivity index (χ2v) is 15.7. The smallest absolute Gasteiger partial charge is 0.492 e. The van der Waals surface area contributed by atoms with Crippen LogP contribution < -0.4 is 10.1 Å². The van der Waals surface area contributed by atoms with E-state index in [0.29, 0.717) is 41.8 Å². The number of amides is 1. The quantitative estimate of drug-likeness (QED) is 0.169. The molecular formula is C36H37ClF5N3O6S. The highest BCUT2D eigenvalue weighted by Gasteiger charge is 2.59. The molecule has 1 N–H and O–H groups in total. The van der Waals surface area contributed by atoms with Crippen LogP contribution in [0, 0.1) is 17.8 Å². The number of sulfonamides is 1. The van der Waals surface area contributed by atoms with Gasteiger partial charge in [-0.2, -0.15) is 22.0 Å². The van der Waals surface area contributed by atoms with E-state index in [0.717, 1.165) is 61.3 Å². The van der Waals surface area contributed by atoms with Crippen molar-refractivity contribution in [1.29, 1.82) is 0 Å². The number of nitrogens with one attached hydrogen (secondary N) is 1. The van der Waals surface area contributed by atoms with Gasteiger partial charge in [0.05, 0.1) is 11.5 Å². The van der Waals surface area contributed by atoms with Crippen LogP contribution in [0.25, 0.3) is 11.1 Å². The SMILES string of the molecule is O=C([C@H](N(OC(=O)C(F)(F)F)S(=O)(=O)c1ccc(OCC2CCCCC2)cc1)C(F)(F)c1ccc(-c2ccc(Cl)cc2)cc1)N1C[C@H]2CNC[C@H]2C1. The fourth-order valence-corrected chi connectivity index (χ4v) is 8.50. The van der Waals surface area contributed by atoms with Crippen molar-refractivity contribution in [1.82, 2.24) is 14.7 Å². The number of carbonyl (C=O) groups excluding carboxylic acids is 2. The number of benzene rings is 3. The van der Waals surface area contributed by atoms with Crippen LogP contribution in [-0.4, -0.2) is 74.7 Å². The van der Waals surface area contributed by atoms with Crippen molar-refractivity contribution in [2.75, 3.05) is 32.8 Å².